The first-order valence-electron chi connectivity index (χ1n) is 5.81. The molecule has 108 valence electrons. The zero-order chi connectivity index (χ0) is 14.8. The molecule has 0 heterocycles. The molecule has 8 nitrogen and oxygen atoms in total. The molecule has 0 radical (unpaired) electrons. The molecule has 5 N–H and O–H groups in total. The van der Waals surface area contributed by atoms with Gasteiger partial charge in [-0.25, -0.2) is 14.6 Å². The Kier molecular flexibility index (Phi) is 4.04. The number of carbonyl (C=O) groups is 2. The summed E-state index contributed by atoms with van der Waals surface area (Å²) in [5.41, 5.74) is 3.09. The van der Waals surface area contributed by atoms with Crippen molar-refractivity contribution in [2.24, 2.45) is 10.7 Å². The van der Waals surface area contributed by atoms with Crippen molar-refractivity contribution in [1.29, 1.82) is 0 Å². The van der Waals surface area contributed by atoms with Gasteiger partial charge in [-0.2, -0.15) is 0 Å². The molecule has 0 saturated heterocycles. The number of guanidine groups is 1. The molecule has 0 unspecified atom stereocenters. The molecular weight excluding hydrogens is 254 g/mol. The van der Waals surface area contributed by atoms with Crippen LogP contribution in [-0.4, -0.2) is 45.5 Å². The lowest BCUT2D eigenvalue weighted by Gasteiger charge is -2.37. The molecule has 0 aromatic rings. The second-order valence-corrected chi connectivity index (χ2v) is 5.54. The highest BCUT2D eigenvalue weighted by Crippen LogP contribution is 2.34. The Balaban J connectivity index is 2.44. The van der Waals surface area contributed by atoms with E-state index in [9.17, 15) is 14.7 Å². The number of aliphatic carboxylic acids is 1. The van der Waals surface area contributed by atoms with Crippen LogP contribution in [0.2, 0.25) is 0 Å². The van der Waals surface area contributed by atoms with Crippen molar-refractivity contribution in [3.8, 4) is 0 Å². The molecule has 0 spiro atoms. The van der Waals surface area contributed by atoms with Gasteiger partial charge >= 0.3 is 12.1 Å². The Morgan fingerprint density at radius 2 is 1.95 bits per heavy atom. The number of hydrogen-bond donors (Lipinski definition) is 4. The summed E-state index contributed by atoms with van der Waals surface area (Å²) in [5, 5.41) is 20.4. The Morgan fingerprint density at radius 1 is 1.42 bits per heavy atom. The maximum atomic E-state index is 11.4. The first-order chi connectivity index (χ1) is 8.52. The molecule has 0 aliphatic heterocycles. The van der Waals surface area contributed by atoms with Crippen molar-refractivity contribution in [3.63, 3.8) is 0 Å². The van der Waals surface area contributed by atoms with E-state index in [2.05, 4.69) is 10.3 Å². The van der Waals surface area contributed by atoms with Gasteiger partial charge in [0, 0.05) is 12.8 Å². The summed E-state index contributed by atoms with van der Waals surface area (Å²) in [5.74, 6) is -1.44. The first-order valence-corrected chi connectivity index (χ1v) is 5.81. The fourth-order valence-corrected chi connectivity index (χ4v) is 1.62. The average molecular weight is 273 g/mol. The Morgan fingerprint density at radius 3 is 2.37 bits per heavy atom. The van der Waals surface area contributed by atoms with Crippen LogP contribution in [0.5, 0.6) is 0 Å². The maximum absolute atomic E-state index is 11.4. The Bertz CT molecular complexity index is 407. The first kappa shape index (κ1) is 15.2. The van der Waals surface area contributed by atoms with Crippen LogP contribution < -0.4 is 11.1 Å². The van der Waals surface area contributed by atoms with E-state index in [1.165, 1.54) is 0 Å². The third kappa shape index (κ3) is 4.40. The van der Waals surface area contributed by atoms with Crippen LogP contribution in [0.15, 0.2) is 4.99 Å². The molecule has 0 aromatic heterocycles. The number of carboxylic acid groups (broad SMARTS) is 1. The summed E-state index contributed by atoms with van der Waals surface area (Å²) >= 11 is 0. The maximum Gasteiger partial charge on any atom is 0.414 e. The molecule has 1 amide bonds. The van der Waals surface area contributed by atoms with E-state index in [1.807, 2.05) is 0 Å². The van der Waals surface area contributed by atoms with Crippen LogP contribution in [-0.2, 0) is 9.53 Å². The van der Waals surface area contributed by atoms with Gasteiger partial charge in [-0.15, -0.1) is 0 Å². The summed E-state index contributed by atoms with van der Waals surface area (Å²) < 4.78 is 4.97. The number of hydrogen-bond acceptors (Lipinski definition) is 5. The van der Waals surface area contributed by atoms with E-state index in [4.69, 9.17) is 15.6 Å². The lowest BCUT2D eigenvalue weighted by molar-refractivity contribution is -0.169. The number of aliphatic hydroxyl groups is 1. The standard InChI is InChI=1S/C11H19N3O5/c1-10(2,3)19-9(17)14-8(12)13-6-4-11(18,5-6)7(15)16/h6,18H,4-5H2,1-3H3,(H,15,16)(H3,12,13,14,17). The van der Waals surface area contributed by atoms with Crippen molar-refractivity contribution in [3.05, 3.63) is 0 Å². The molecule has 1 aliphatic carbocycles. The van der Waals surface area contributed by atoms with Crippen molar-refractivity contribution >= 4 is 18.0 Å². The molecule has 0 atom stereocenters. The van der Waals surface area contributed by atoms with E-state index in [1.54, 1.807) is 20.8 Å². The van der Waals surface area contributed by atoms with Gasteiger partial charge in [0.05, 0.1) is 6.04 Å². The number of nitrogens with one attached hydrogen (secondary N) is 1. The minimum atomic E-state index is -1.74. The van der Waals surface area contributed by atoms with Gasteiger partial charge in [-0.05, 0) is 20.8 Å². The number of nitrogens with two attached hydrogens (primary N) is 1. The van der Waals surface area contributed by atoms with Crippen molar-refractivity contribution < 1.29 is 24.5 Å². The van der Waals surface area contributed by atoms with Crippen LogP contribution in [0.3, 0.4) is 0 Å². The van der Waals surface area contributed by atoms with Gasteiger partial charge in [-0.1, -0.05) is 0 Å². The van der Waals surface area contributed by atoms with Crippen LogP contribution >= 0.6 is 0 Å². The monoisotopic (exact) mass is 273 g/mol. The van der Waals surface area contributed by atoms with E-state index >= 15 is 0 Å². The number of nitrogens with zero attached hydrogens (tertiary/aromatic N) is 1. The number of carbonyl (C=O) groups excluding carboxylic acids is 1. The highest BCUT2D eigenvalue weighted by molar-refractivity contribution is 5.93. The predicted molar refractivity (Wildman–Crippen MR) is 66.6 cm³/mol. The quantitative estimate of drug-likeness (QED) is 0.406. The number of carboxylic acids is 1. The summed E-state index contributed by atoms with van der Waals surface area (Å²) in [7, 11) is 0. The second kappa shape index (κ2) is 5.04. The average Bonchev–Trinajstić information content (AvgIpc) is 2.10. The van der Waals surface area contributed by atoms with Crippen LogP contribution in [0.25, 0.3) is 0 Å². The number of amides is 1. The van der Waals surface area contributed by atoms with E-state index < -0.39 is 29.3 Å². The van der Waals surface area contributed by atoms with E-state index in [-0.39, 0.29) is 18.8 Å². The van der Waals surface area contributed by atoms with Crippen LogP contribution in [0.1, 0.15) is 33.6 Å². The third-order valence-electron chi connectivity index (χ3n) is 2.50. The number of ether oxygens (including phenoxy) is 1. The Labute approximate surface area is 110 Å². The SMILES string of the molecule is CC(C)(C)OC(=O)NC(N)=NC1CC(O)(C(=O)O)C1. The highest BCUT2D eigenvalue weighted by Gasteiger charge is 2.49. The fraction of sp³-hybridized carbons (Fsp3) is 0.727. The summed E-state index contributed by atoms with van der Waals surface area (Å²) in [4.78, 5) is 25.9. The van der Waals surface area contributed by atoms with Crippen molar-refractivity contribution in [2.75, 3.05) is 0 Å². The highest BCUT2D eigenvalue weighted by atomic mass is 16.6. The van der Waals surface area contributed by atoms with Gasteiger partial charge in [0.2, 0.25) is 0 Å². The molecule has 1 fully saturated rings. The van der Waals surface area contributed by atoms with Crippen LogP contribution in [0, 0.1) is 0 Å². The van der Waals surface area contributed by atoms with E-state index in [0.29, 0.717) is 0 Å². The molecule has 19 heavy (non-hydrogen) atoms. The lowest BCUT2D eigenvalue weighted by atomic mass is 9.76. The number of aliphatic imine (C=N–C) groups is 1. The molecule has 1 aliphatic rings. The Hall–Kier alpha value is -1.83. The minimum absolute atomic E-state index is 0.0287. The van der Waals surface area contributed by atoms with Crippen LogP contribution in [0.4, 0.5) is 4.79 Å². The molecular formula is C11H19N3O5. The van der Waals surface area contributed by atoms with Gasteiger partial charge in [-0.3, -0.25) is 5.32 Å². The molecule has 8 heteroatoms. The fourth-order valence-electron chi connectivity index (χ4n) is 1.62. The molecule has 0 bridgehead atoms. The summed E-state index contributed by atoms with van der Waals surface area (Å²) in [6, 6.07) is -0.420. The molecule has 1 rings (SSSR count). The van der Waals surface area contributed by atoms with Gasteiger partial charge in [0.1, 0.15) is 5.60 Å². The smallest absolute Gasteiger partial charge is 0.414 e. The normalized spacial score (nSPS) is 27.4. The third-order valence-corrected chi connectivity index (χ3v) is 2.50. The topological polar surface area (TPSA) is 134 Å². The number of alkyl carbamates (subject to hydrolysis) is 1. The van der Waals surface area contributed by atoms with Gasteiger partial charge in [0.25, 0.3) is 0 Å². The van der Waals surface area contributed by atoms with Gasteiger partial charge < -0.3 is 20.7 Å². The van der Waals surface area contributed by atoms with Crippen molar-refractivity contribution in [2.45, 2.75) is 50.9 Å². The van der Waals surface area contributed by atoms with Gasteiger partial charge in [0.15, 0.2) is 11.6 Å². The zero-order valence-electron chi connectivity index (χ0n) is 11.1. The zero-order valence-corrected chi connectivity index (χ0v) is 11.1. The summed E-state index contributed by atoms with van der Waals surface area (Å²) in [6.07, 6.45) is -0.792. The number of rotatable bonds is 2. The molecule has 1 saturated carbocycles. The predicted octanol–water partition coefficient (Wildman–Crippen LogP) is -0.196. The second-order valence-electron chi connectivity index (χ2n) is 5.54. The van der Waals surface area contributed by atoms with E-state index in [0.717, 1.165) is 0 Å². The molecule has 0 aromatic carbocycles. The lowest BCUT2D eigenvalue weighted by Crippen LogP contribution is -2.53. The van der Waals surface area contributed by atoms with Crippen molar-refractivity contribution in [1.82, 2.24) is 5.32 Å². The minimum Gasteiger partial charge on any atom is -0.479 e. The largest absolute Gasteiger partial charge is 0.479 e. The summed E-state index contributed by atoms with van der Waals surface area (Å²) in [6.45, 7) is 5.12.